The van der Waals surface area contributed by atoms with Gasteiger partial charge in [0, 0.05) is 49.4 Å². The topological polar surface area (TPSA) is 52.7 Å². The average molecular weight is 470 g/mol. The second-order valence-corrected chi connectivity index (χ2v) is 8.42. The largest absolute Gasteiger partial charge is 0.416 e. The molecule has 10 heteroatoms. The first-order chi connectivity index (χ1) is 15.1. The van der Waals surface area contributed by atoms with Crippen LogP contribution in [-0.4, -0.2) is 59.9 Å². The van der Waals surface area contributed by atoms with Crippen molar-refractivity contribution in [3.63, 3.8) is 0 Å². The van der Waals surface area contributed by atoms with E-state index in [0.29, 0.717) is 32.6 Å². The first-order valence-corrected chi connectivity index (χ1v) is 10.5. The molecular weight excluding hydrogens is 450 g/mol. The van der Waals surface area contributed by atoms with E-state index in [4.69, 9.17) is 11.6 Å². The van der Waals surface area contributed by atoms with Crippen molar-refractivity contribution in [2.45, 2.75) is 24.7 Å². The van der Waals surface area contributed by atoms with E-state index < -0.39 is 17.6 Å². The van der Waals surface area contributed by atoms with Gasteiger partial charge in [-0.2, -0.15) is 13.2 Å². The number of carbonyl (C=O) groups is 2. The molecule has 32 heavy (non-hydrogen) atoms. The van der Waals surface area contributed by atoms with Crippen LogP contribution >= 0.6 is 11.6 Å². The highest BCUT2D eigenvalue weighted by atomic mass is 35.5. The fourth-order valence-electron chi connectivity index (χ4n) is 4.22. The van der Waals surface area contributed by atoms with E-state index >= 15 is 0 Å². The molecule has 2 aromatic rings. The van der Waals surface area contributed by atoms with Crippen LogP contribution in [0.1, 0.15) is 32.7 Å². The van der Waals surface area contributed by atoms with Crippen molar-refractivity contribution in [1.82, 2.24) is 15.1 Å². The van der Waals surface area contributed by atoms with E-state index in [1.165, 1.54) is 24.3 Å². The summed E-state index contributed by atoms with van der Waals surface area (Å²) in [5, 5.41) is 2.80. The molecule has 2 unspecified atom stereocenters. The minimum atomic E-state index is -4.45. The fourth-order valence-corrected chi connectivity index (χ4v) is 4.40. The van der Waals surface area contributed by atoms with Gasteiger partial charge in [-0.1, -0.05) is 11.6 Å². The molecule has 2 saturated heterocycles. The standard InChI is InChI=1S/C22H20ClF4N3O2/c23-18-9-14(3-6-19(18)24)20(31)28-16-10-17-12-30(8-7-29(17)11-16)21(32)13-1-4-15(5-2-13)22(25,26)27/h1-6,9,16-17H,7-8,10-12H2,(H,28,31). The summed E-state index contributed by atoms with van der Waals surface area (Å²) in [6.45, 7) is 2.10. The van der Waals surface area contributed by atoms with Crippen molar-refractivity contribution in [3.8, 4) is 0 Å². The van der Waals surface area contributed by atoms with Gasteiger partial charge in [-0.05, 0) is 48.9 Å². The molecule has 2 fully saturated rings. The molecule has 5 nitrogen and oxygen atoms in total. The third-order valence-electron chi connectivity index (χ3n) is 5.88. The minimum absolute atomic E-state index is 0.0317. The smallest absolute Gasteiger partial charge is 0.348 e. The van der Waals surface area contributed by atoms with E-state index in [1.807, 2.05) is 0 Å². The quantitative estimate of drug-likeness (QED) is 0.695. The Morgan fingerprint density at radius 2 is 1.69 bits per heavy atom. The summed E-state index contributed by atoms with van der Waals surface area (Å²) in [7, 11) is 0. The molecule has 2 heterocycles. The highest BCUT2D eigenvalue weighted by Gasteiger charge is 2.38. The Balaban J connectivity index is 1.35. The molecule has 2 aliphatic rings. The number of hydrogen-bond acceptors (Lipinski definition) is 3. The zero-order valence-corrected chi connectivity index (χ0v) is 17.6. The second-order valence-electron chi connectivity index (χ2n) is 8.01. The number of nitrogens with zero attached hydrogens (tertiary/aromatic N) is 2. The normalized spacial score (nSPS) is 21.3. The van der Waals surface area contributed by atoms with Gasteiger partial charge in [0.2, 0.25) is 0 Å². The van der Waals surface area contributed by atoms with Crippen LogP contribution in [0.15, 0.2) is 42.5 Å². The van der Waals surface area contributed by atoms with Crippen molar-refractivity contribution < 1.29 is 27.2 Å². The van der Waals surface area contributed by atoms with Crippen molar-refractivity contribution in [1.29, 1.82) is 0 Å². The minimum Gasteiger partial charge on any atom is -0.348 e. The fraction of sp³-hybridized carbons (Fsp3) is 0.364. The number of piperazine rings is 1. The van der Waals surface area contributed by atoms with Crippen molar-refractivity contribution >= 4 is 23.4 Å². The molecule has 0 saturated carbocycles. The Morgan fingerprint density at radius 3 is 2.34 bits per heavy atom. The Morgan fingerprint density at radius 1 is 1.00 bits per heavy atom. The summed E-state index contributed by atoms with van der Waals surface area (Å²) in [5.74, 6) is -1.26. The molecule has 170 valence electrons. The maximum atomic E-state index is 13.3. The lowest BCUT2D eigenvalue weighted by molar-refractivity contribution is -0.137. The summed E-state index contributed by atoms with van der Waals surface area (Å²) >= 11 is 5.74. The van der Waals surface area contributed by atoms with Crippen molar-refractivity contribution in [2.75, 3.05) is 26.2 Å². The number of benzene rings is 2. The zero-order chi connectivity index (χ0) is 23.0. The van der Waals surface area contributed by atoms with E-state index in [-0.39, 0.29) is 40.0 Å². The first-order valence-electron chi connectivity index (χ1n) is 10.1. The Bertz CT molecular complexity index is 1030. The van der Waals surface area contributed by atoms with Crippen LogP contribution in [-0.2, 0) is 6.18 Å². The summed E-state index contributed by atoms with van der Waals surface area (Å²) in [4.78, 5) is 29.0. The molecule has 0 spiro atoms. The third-order valence-corrected chi connectivity index (χ3v) is 6.17. The SMILES string of the molecule is O=C(NC1CC2CN(C(=O)c3ccc(C(F)(F)F)cc3)CCN2C1)c1ccc(F)c(Cl)c1. The number of amides is 2. The highest BCUT2D eigenvalue weighted by Crippen LogP contribution is 2.30. The van der Waals surface area contributed by atoms with Gasteiger partial charge in [-0.3, -0.25) is 14.5 Å². The summed E-state index contributed by atoms with van der Waals surface area (Å²) in [5.41, 5.74) is -0.321. The molecule has 1 N–H and O–H groups in total. The van der Waals surface area contributed by atoms with Gasteiger partial charge >= 0.3 is 6.18 Å². The number of carbonyl (C=O) groups excluding carboxylic acids is 2. The number of halogens is 5. The van der Waals surface area contributed by atoms with Crippen LogP contribution < -0.4 is 5.32 Å². The molecule has 2 amide bonds. The maximum Gasteiger partial charge on any atom is 0.416 e. The van der Waals surface area contributed by atoms with Crippen LogP contribution in [0.25, 0.3) is 0 Å². The molecular formula is C22H20ClF4N3O2. The molecule has 0 aromatic heterocycles. The lowest BCUT2D eigenvalue weighted by Gasteiger charge is -2.37. The molecule has 0 radical (unpaired) electrons. The van der Waals surface area contributed by atoms with E-state index in [1.54, 1.807) is 4.90 Å². The highest BCUT2D eigenvalue weighted by molar-refractivity contribution is 6.31. The average Bonchev–Trinajstić information content (AvgIpc) is 3.16. The second kappa shape index (κ2) is 8.71. The van der Waals surface area contributed by atoms with E-state index in [0.717, 1.165) is 18.2 Å². The first kappa shape index (κ1) is 22.5. The van der Waals surface area contributed by atoms with Crippen LogP contribution in [0, 0.1) is 5.82 Å². The molecule has 2 atom stereocenters. The van der Waals surface area contributed by atoms with Gasteiger partial charge in [0.05, 0.1) is 10.6 Å². The molecule has 2 aliphatic heterocycles. The van der Waals surface area contributed by atoms with Gasteiger partial charge in [-0.15, -0.1) is 0 Å². The van der Waals surface area contributed by atoms with Crippen LogP contribution in [0.5, 0.6) is 0 Å². The van der Waals surface area contributed by atoms with Gasteiger partial charge in [-0.25, -0.2) is 4.39 Å². The summed E-state index contributed by atoms with van der Waals surface area (Å²) in [6.07, 6.45) is -3.83. The Hall–Kier alpha value is -2.65. The predicted molar refractivity (Wildman–Crippen MR) is 110 cm³/mol. The lowest BCUT2D eigenvalue weighted by Crippen LogP contribution is -2.52. The number of fused-ring (bicyclic) bond motifs is 1. The summed E-state index contributed by atoms with van der Waals surface area (Å²) < 4.78 is 51.5. The number of rotatable bonds is 3. The van der Waals surface area contributed by atoms with Gasteiger partial charge in [0.1, 0.15) is 5.82 Å². The molecule has 4 rings (SSSR count). The van der Waals surface area contributed by atoms with Crippen LogP contribution in [0.3, 0.4) is 0 Å². The third kappa shape index (κ3) is 4.73. The van der Waals surface area contributed by atoms with Crippen LogP contribution in [0.4, 0.5) is 17.6 Å². The van der Waals surface area contributed by atoms with Gasteiger partial charge in [0.25, 0.3) is 11.8 Å². The number of hydrogen-bond donors (Lipinski definition) is 1. The maximum absolute atomic E-state index is 13.3. The van der Waals surface area contributed by atoms with Crippen molar-refractivity contribution in [2.24, 2.45) is 0 Å². The predicted octanol–water partition coefficient (Wildman–Crippen LogP) is 3.83. The van der Waals surface area contributed by atoms with Gasteiger partial charge < -0.3 is 10.2 Å². The van der Waals surface area contributed by atoms with Crippen molar-refractivity contribution in [3.05, 3.63) is 70.0 Å². The Kier molecular flexibility index (Phi) is 6.13. The van der Waals surface area contributed by atoms with E-state index in [2.05, 4.69) is 10.2 Å². The van der Waals surface area contributed by atoms with Crippen LogP contribution in [0.2, 0.25) is 5.02 Å². The molecule has 0 aliphatic carbocycles. The number of nitrogens with one attached hydrogen (secondary N) is 1. The van der Waals surface area contributed by atoms with E-state index in [9.17, 15) is 27.2 Å². The lowest BCUT2D eigenvalue weighted by atomic mass is 10.1. The molecule has 2 aromatic carbocycles. The zero-order valence-electron chi connectivity index (χ0n) is 16.8. The van der Waals surface area contributed by atoms with Gasteiger partial charge in [0.15, 0.2) is 0 Å². The number of alkyl halides is 3. The molecule has 0 bridgehead atoms. The monoisotopic (exact) mass is 469 g/mol. The Labute approximate surface area is 186 Å². The summed E-state index contributed by atoms with van der Waals surface area (Å²) in [6, 6.07) is 7.88.